The lowest BCUT2D eigenvalue weighted by atomic mass is 10.0. The maximum absolute atomic E-state index is 11.0. The van der Waals surface area contributed by atoms with E-state index in [1.54, 1.807) is 0 Å². The number of hydrogen-bond acceptors (Lipinski definition) is 2. The van der Waals surface area contributed by atoms with Crippen LogP contribution in [-0.2, 0) is 11.2 Å². The van der Waals surface area contributed by atoms with Crippen molar-refractivity contribution in [3.8, 4) is 0 Å². The summed E-state index contributed by atoms with van der Waals surface area (Å²) in [6.07, 6.45) is 0.0227. The minimum atomic E-state index is -0.820. The highest BCUT2D eigenvalue weighted by atomic mass is 16.4. The van der Waals surface area contributed by atoms with Crippen LogP contribution in [0.15, 0.2) is 36.4 Å². The molecule has 0 saturated carbocycles. The van der Waals surface area contributed by atoms with E-state index < -0.39 is 5.97 Å². The molecular weight excluding hydrogens is 250 g/mol. The Labute approximate surface area is 119 Å². The fraction of sp³-hybridized carbons (Fsp3) is 0.235. The molecule has 0 radical (unpaired) electrons. The van der Waals surface area contributed by atoms with Gasteiger partial charge in [-0.25, -0.2) is 0 Å². The summed E-state index contributed by atoms with van der Waals surface area (Å²) in [6, 6.07) is 12.0. The summed E-state index contributed by atoms with van der Waals surface area (Å²) in [6.45, 7) is 6.04. The van der Waals surface area contributed by atoms with Gasteiger partial charge in [-0.3, -0.25) is 4.79 Å². The van der Waals surface area contributed by atoms with Gasteiger partial charge in [0.2, 0.25) is 0 Å². The number of carbonyl (C=O) groups is 1. The molecule has 0 amide bonds. The molecule has 3 nitrogen and oxygen atoms in total. The fourth-order valence-electron chi connectivity index (χ4n) is 2.17. The standard InChI is InChI=1S/C17H19NO2/c1-11-5-7-15(14(8-11)10-17(19)20)18-16-9-12(2)4-6-13(16)3/h4-9,18H,10H2,1-3H3,(H,19,20). The normalized spacial score (nSPS) is 10.3. The van der Waals surface area contributed by atoms with E-state index in [0.717, 1.165) is 28.1 Å². The maximum atomic E-state index is 11.0. The van der Waals surface area contributed by atoms with Crippen LogP contribution in [0.1, 0.15) is 22.3 Å². The van der Waals surface area contributed by atoms with Gasteiger partial charge in [0.15, 0.2) is 0 Å². The molecule has 20 heavy (non-hydrogen) atoms. The first-order chi connectivity index (χ1) is 9.45. The van der Waals surface area contributed by atoms with E-state index in [2.05, 4.69) is 23.5 Å². The van der Waals surface area contributed by atoms with Crippen LogP contribution >= 0.6 is 0 Å². The molecule has 0 spiro atoms. The zero-order valence-electron chi connectivity index (χ0n) is 12.0. The average molecular weight is 269 g/mol. The summed E-state index contributed by atoms with van der Waals surface area (Å²) in [4.78, 5) is 11.0. The Morgan fingerprint density at radius 2 is 1.65 bits per heavy atom. The molecule has 0 unspecified atom stereocenters. The van der Waals surface area contributed by atoms with Crippen molar-refractivity contribution in [3.63, 3.8) is 0 Å². The number of aliphatic carboxylic acids is 1. The summed E-state index contributed by atoms with van der Waals surface area (Å²) in [5.41, 5.74) is 6.04. The molecule has 0 aliphatic heterocycles. The molecule has 0 aliphatic carbocycles. The van der Waals surface area contributed by atoms with E-state index in [0.29, 0.717) is 0 Å². The van der Waals surface area contributed by atoms with Crippen LogP contribution in [0.2, 0.25) is 0 Å². The van der Waals surface area contributed by atoms with Crippen LogP contribution in [0, 0.1) is 20.8 Å². The molecular formula is C17H19NO2. The highest BCUT2D eigenvalue weighted by molar-refractivity contribution is 5.76. The number of benzene rings is 2. The van der Waals surface area contributed by atoms with Crippen LogP contribution in [0.5, 0.6) is 0 Å². The van der Waals surface area contributed by atoms with Gasteiger partial charge in [-0.1, -0.05) is 29.8 Å². The zero-order chi connectivity index (χ0) is 14.7. The first-order valence-corrected chi connectivity index (χ1v) is 6.61. The Kier molecular flexibility index (Phi) is 4.08. The van der Waals surface area contributed by atoms with E-state index in [9.17, 15) is 4.79 Å². The molecule has 0 aromatic heterocycles. The highest BCUT2D eigenvalue weighted by Gasteiger charge is 2.08. The van der Waals surface area contributed by atoms with Crippen molar-refractivity contribution in [3.05, 3.63) is 58.7 Å². The molecule has 2 aromatic carbocycles. The Balaban J connectivity index is 2.37. The van der Waals surface area contributed by atoms with Crippen LogP contribution in [0.25, 0.3) is 0 Å². The number of rotatable bonds is 4. The van der Waals surface area contributed by atoms with Gasteiger partial charge >= 0.3 is 5.97 Å². The molecule has 3 heteroatoms. The third-order valence-corrected chi connectivity index (χ3v) is 3.26. The van der Waals surface area contributed by atoms with Gasteiger partial charge in [0.1, 0.15) is 0 Å². The second-order valence-corrected chi connectivity index (χ2v) is 5.17. The lowest BCUT2D eigenvalue weighted by molar-refractivity contribution is -0.136. The summed E-state index contributed by atoms with van der Waals surface area (Å²) in [5, 5.41) is 12.4. The minimum Gasteiger partial charge on any atom is -0.481 e. The second kappa shape index (κ2) is 5.78. The first-order valence-electron chi connectivity index (χ1n) is 6.61. The van der Waals surface area contributed by atoms with Crippen LogP contribution < -0.4 is 5.32 Å². The monoisotopic (exact) mass is 269 g/mol. The summed E-state index contributed by atoms with van der Waals surface area (Å²) in [7, 11) is 0. The van der Waals surface area contributed by atoms with Crippen LogP contribution in [-0.4, -0.2) is 11.1 Å². The van der Waals surface area contributed by atoms with Gasteiger partial charge in [-0.15, -0.1) is 0 Å². The molecule has 0 bridgehead atoms. The first kappa shape index (κ1) is 14.1. The Bertz CT molecular complexity index is 647. The summed E-state index contributed by atoms with van der Waals surface area (Å²) < 4.78 is 0. The average Bonchev–Trinajstić information content (AvgIpc) is 2.36. The highest BCUT2D eigenvalue weighted by Crippen LogP contribution is 2.25. The second-order valence-electron chi connectivity index (χ2n) is 5.17. The lowest BCUT2D eigenvalue weighted by Gasteiger charge is -2.14. The molecule has 2 N–H and O–H groups in total. The maximum Gasteiger partial charge on any atom is 0.307 e. The molecule has 0 fully saturated rings. The quantitative estimate of drug-likeness (QED) is 0.882. The molecule has 104 valence electrons. The van der Waals surface area contributed by atoms with Crippen molar-refractivity contribution in [2.24, 2.45) is 0 Å². The van der Waals surface area contributed by atoms with Gasteiger partial charge in [-0.05, 0) is 49.6 Å². The number of carboxylic acids is 1. The number of carboxylic acid groups (broad SMARTS) is 1. The summed E-state index contributed by atoms with van der Waals surface area (Å²) >= 11 is 0. The van der Waals surface area contributed by atoms with E-state index in [4.69, 9.17) is 5.11 Å². The van der Waals surface area contributed by atoms with Gasteiger partial charge in [0.05, 0.1) is 6.42 Å². The SMILES string of the molecule is Cc1ccc(Nc2cc(C)ccc2C)c(CC(=O)O)c1. The van der Waals surface area contributed by atoms with Crippen molar-refractivity contribution in [2.75, 3.05) is 5.32 Å². The van der Waals surface area contributed by atoms with Gasteiger partial charge in [0, 0.05) is 11.4 Å². The van der Waals surface area contributed by atoms with E-state index in [-0.39, 0.29) is 6.42 Å². The minimum absolute atomic E-state index is 0.0227. The van der Waals surface area contributed by atoms with E-state index >= 15 is 0 Å². The van der Waals surface area contributed by atoms with Crippen molar-refractivity contribution in [2.45, 2.75) is 27.2 Å². The third kappa shape index (κ3) is 3.38. The van der Waals surface area contributed by atoms with Crippen molar-refractivity contribution >= 4 is 17.3 Å². The van der Waals surface area contributed by atoms with Crippen LogP contribution in [0.4, 0.5) is 11.4 Å². The van der Waals surface area contributed by atoms with E-state index in [1.165, 1.54) is 5.56 Å². The lowest BCUT2D eigenvalue weighted by Crippen LogP contribution is -2.05. The molecule has 2 rings (SSSR count). The molecule has 0 aliphatic rings. The number of hydrogen-bond donors (Lipinski definition) is 2. The van der Waals surface area contributed by atoms with Crippen LogP contribution in [0.3, 0.4) is 0 Å². The number of aryl methyl sites for hydroxylation is 3. The van der Waals surface area contributed by atoms with Crippen molar-refractivity contribution in [1.29, 1.82) is 0 Å². The Hall–Kier alpha value is -2.29. The van der Waals surface area contributed by atoms with Gasteiger partial charge in [-0.2, -0.15) is 0 Å². The smallest absolute Gasteiger partial charge is 0.307 e. The number of nitrogens with one attached hydrogen (secondary N) is 1. The topological polar surface area (TPSA) is 49.3 Å². The third-order valence-electron chi connectivity index (χ3n) is 3.26. The van der Waals surface area contributed by atoms with Gasteiger partial charge in [0.25, 0.3) is 0 Å². The predicted octanol–water partition coefficient (Wildman–Crippen LogP) is 3.98. The largest absolute Gasteiger partial charge is 0.481 e. The van der Waals surface area contributed by atoms with Crippen molar-refractivity contribution < 1.29 is 9.90 Å². The zero-order valence-corrected chi connectivity index (χ0v) is 12.0. The molecule has 2 aromatic rings. The van der Waals surface area contributed by atoms with Gasteiger partial charge < -0.3 is 10.4 Å². The van der Waals surface area contributed by atoms with E-state index in [1.807, 2.05) is 39.0 Å². The molecule has 0 saturated heterocycles. The fourth-order valence-corrected chi connectivity index (χ4v) is 2.17. The predicted molar refractivity (Wildman–Crippen MR) is 81.7 cm³/mol. The Morgan fingerprint density at radius 3 is 2.35 bits per heavy atom. The molecule has 0 atom stereocenters. The summed E-state index contributed by atoms with van der Waals surface area (Å²) in [5.74, 6) is -0.820. The van der Waals surface area contributed by atoms with Crippen molar-refractivity contribution in [1.82, 2.24) is 0 Å². The molecule has 0 heterocycles. The number of anilines is 2. The Morgan fingerprint density at radius 1 is 1.00 bits per heavy atom.